The van der Waals surface area contributed by atoms with Crippen molar-refractivity contribution >= 4 is 17.4 Å². The fraction of sp³-hybridized carbons (Fsp3) is 0.421. The maximum Gasteiger partial charge on any atom is 0.317 e. The first kappa shape index (κ1) is 17.0. The molecule has 0 unspecified atom stereocenters. The van der Waals surface area contributed by atoms with Crippen LogP contribution in [-0.4, -0.2) is 42.5 Å². The van der Waals surface area contributed by atoms with Crippen LogP contribution < -0.4 is 5.32 Å². The van der Waals surface area contributed by atoms with Crippen molar-refractivity contribution in [1.29, 1.82) is 0 Å². The van der Waals surface area contributed by atoms with Crippen LogP contribution in [0.1, 0.15) is 22.4 Å². The fourth-order valence-electron chi connectivity index (χ4n) is 3.05. The molecule has 0 fully saturated rings. The molecule has 1 aromatic carbocycles. The first-order chi connectivity index (χ1) is 11.7. The Bertz CT molecular complexity index is 656. The van der Waals surface area contributed by atoms with Gasteiger partial charge in [0.15, 0.2) is 0 Å². The number of hydrogen-bond donors (Lipinski definition) is 1. The van der Waals surface area contributed by atoms with Gasteiger partial charge in [-0.25, -0.2) is 4.79 Å². The zero-order valence-corrected chi connectivity index (χ0v) is 15.0. The number of benzene rings is 1. The van der Waals surface area contributed by atoms with Crippen LogP contribution in [-0.2, 0) is 19.5 Å². The predicted octanol–water partition coefficient (Wildman–Crippen LogP) is 3.34. The summed E-state index contributed by atoms with van der Waals surface area (Å²) in [5.74, 6) is 0. The van der Waals surface area contributed by atoms with Crippen LogP contribution in [0.2, 0.25) is 0 Å². The summed E-state index contributed by atoms with van der Waals surface area (Å²) in [5.41, 5.74) is 2.63. The third-order valence-corrected chi connectivity index (χ3v) is 5.41. The number of carbonyl (C=O) groups is 1. The van der Waals surface area contributed by atoms with E-state index in [1.54, 1.807) is 11.3 Å². The first-order valence-electron chi connectivity index (χ1n) is 8.53. The van der Waals surface area contributed by atoms with Crippen molar-refractivity contribution in [3.8, 4) is 0 Å². The smallest absolute Gasteiger partial charge is 0.317 e. The van der Waals surface area contributed by atoms with Crippen LogP contribution in [0.3, 0.4) is 0 Å². The molecule has 1 N–H and O–H groups in total. The summed E-state index contributed by atoms with van der Waals surface area (Å²) in [6.07, 6.45) is 1.95. The van der Waals surface area contributed by atoms with Gasteiger partial charge in [-0.2, -0.15) is 0 Å². The van der Waals surface area contributed by atoms with Crippen molar-refractivity contribution in [2.24, 2.45) is 0 Å². The highest BCUT2D eigenvalue weighted by Gasteiger charge is 2.20. The molecule has 4 nitrogen and oxygen atoms in total. The van der Waals surface area contributed by atoms with Crippen molar-refractivity contribution < 1.29 is 4.79 Å². The number of nitrogens with zero attached hydrogens (tertiary/aromatic N) is 2. The minimum Gasteiger partial charge on any atom is -0.338 e. The van der Waals surface area contributed by atoms with E-state index < -0.39 is 0 Å². The first-order valence-corrected chi connectivity index (χ1v) is 9.41. The molecule has 2 aromatic rings. The fourth-order valence-corrected chi connectivity index (χ4v) is 3.94. The van der Waals surface area contributed by atoms with Gasteiger partial charge < -0.3 is 15.1 Å². The van der Waals surface area contributed by atoms with Crippen molar-refractivity contribution in [1.82, 2.24) is 15.1 Å². The number of thiophene rings is 1. The molecule has 0 saturated heterocycles. The highest BCUT2D eigenvalue weighted by atomic mass is 32.1. The normalized spacial score (nSPS) is 13.8. The molecule has 3 rings (SSSR count). The van der Waals surface area contributed by atoms with Crippen molar-refractivity contribution in [2.75, 3.05) is 26.7 Å². The van der Waals surface area contributed by atoms with E-state index in [0.717, 1.165) is 45.6 Å². The zero-order valence-electron chi connectivity index (χ0n) is 14.2. The van der Waals surface area contributed by atoms with E-state index >= 15 is 0 Å². The Labute approximate surface area is 148 Å². The molecule has 0 radical (unpaired) electrons. The SMILES string of the molecule is CN(CCCNC(=O)N1CCc2sccc2C1)Cc1ccccc1. The molecule has 1 aliphatic heterocycles. The van der Waals surface area contributed by atoms with Crippen LogP contribution in [0.4, 0.5) is 4.79 Å². The third kappa shape index (κ3) is 4.58. The molecule has 0 aliphatic carbocycles. The van der Waals surface area contributed by atoms with E-state index in [9.17, 15) is 4.79 Å². The molecule has 1 aliphatic rings. The van der Waals surface area contributed by atoms with Gasteiger partial charge in [-0.15, -0.1) is 11.3 Å². The number of hydrogen-bond acceptors (Lipinski definition) is 3. The lowest BCUT2D eigenvalue weighted by Crippen LogP contribution is -2.43. The molecular formula is C19H25N3OS. The van der Waals surface area contributed by atoms with Gasteiger partial charge >= 0.3 is 6.03 Å². The molecule has 0 atom stereocenters. The van der Waals surface area contributed by atoms with Crippen LogP contribution in [0, 0.1) is 0 Å². The lowest BCUT2D eigenvalue weighted by Gasteiger charge is -2.27. The summed E-state index contributed by atoms with van der Waals surface area (Å²) in [5, 5.41) is 5.18. The van der Waals surface area contributed by atoms with Gasteiger partial charge in [-0.05, 0) is 49.0 Å². The second-order valence-electron chi connectivity index (χ2n) is 6.35. The Morgan fingerprint density at radius 3 is 2.96 bits per heavy atom. The molecule has 2 amide bonds. The lowest BCUT2D eigenvalue weighted by atomic mass is 10.1. The Morgan fingerprint density at radius 1 is 1.29 bits per heavy atom. The van der Waals surface area contributed by atoms with Crippen LogP contribution in [0.15, 0.2) is 41.8 Å². The highest BCUT2D eigenvalue weighted by molar-refractivity contribution is 7.10. The van der Waals surface area contributed by atoms with E-state index in [0.29, 0.717) is 0 Å². The minimum absolute atomic E-state index is 0.0672. The standard InChI is InChI=1S/C19H25N3OS/c1-21(14-16-6-3-2-4-7-16)11-5-10-20-19(23)22-12-8-18-17(15-22)9-13-24-18/h2-4,6-7,9,13H,5,8,10-12,14-15H2,1H3,(H,20,23). The predicted molar refractivity (Wildman–Crippen MR) is 99.2 cm³/mol. The third-order valence-electron chi connectivity index (χ3n) is 4.38. The van der Waals surface area contributed by atoms with Gasteiger partial charge in [0.2, 0.25) is 0 Å². The van der Waals surface area contributed by atoms with Gasteiger partial charge in [-0.3, -0.25) is 0 Å². The Hall–Kier alpha value is -1.85. The number of carbonyl (C=O) groups excluding carboxylic acids is 1. The number of rotatable bonds is 6. The summed E-state index contributed by atoms with van der Waals surface area (Å²) in [6, 6.07) is 12.7. The number of urea groups is 1. The zero-order chi connectivity index (χ0) is 16.8. The van der Waals surface area contributed by atoms with E-state index in [1.807, 2.05) is 11.0 Å². The van der Waals surface area contributed by atoms with Crippen molar-refractivity contribution in [2.45, 2.75) is 25.9 Å². The molecule has 2 heterocycles. The Kier molecular flexibility index (Phi) is 5.88. The van der Waals surface area contributed by atoms with E-state index in [1.165, 1.54) is 16.0 Å². The van der Waals surface area contributed by atoms with Gasteiger partial charge in [0.1, 0.15) is 0 Å². The summed E-state index contributed by atoms with van der Waals surface area (Å²) >= 11 is 1.80. The van der Waals surface area contributed by atoms with Crippen LogP contribution in [0.5, 0.6) is 0 Å². The molecular weight excluding hydrogens is 318 g/mol. The van der Waals surface area contributed by atoms with Gasteiger partial charge in [-0.1, -0.05) is 30.3 Å². The van der Waals surface area contributed by atoms with Crippen molar-refractivity contribution in [3.63, 3.8) is 0 Å². The average Bonchev–Trinajstić information content (AvgIpc) is 3.07. The lowest BCUT2D eigenvalue weighted by molar-refractivity contribution is 0.192. The molecule has 0 bridgehead atoms. The van der Waals surface area contributed by atoms with Gasteiger partial charge in [0, 0.05) is 31.1 Å². The molecule has 5 heteroatoms. The second-order valence-corrected chi connectivity index (χ2v) is 7.35. The Balaban J connectivity index is 1.34. The Morgan fingerprint density at radius 2 is 2.12 bits per heavy atom. The monoisotopic (exact) mass is 343 g/mol. The number of fused-ring (bicyclic) bond motifs is 1. The molecule has 1 aromatic heterocycles. The topological polar surface area (TPSA) is 35.6 Å². The van der Waals surface area contributed by atoms with Crippen molar-refractivity contribution in [3.05, 3.63) is 57.8 Å². The van der Waals surface area contributed by atoms with E-state index in [2.05, 4.69) is 53.0 Å². The summed E-state index contributed by atoms with van der Waals surface area (Å²) in [7, 11) is 2.12. The largest absolute Gasteiger partial charge is 0.338 e. The summed E-state index contributed by atoms with van der Waals surface area (Å²) in [6.45, 7) is 4.22. The summed E-state index contributed by atoms with van der Waals surface area (Å²) < 4.78 is 0. The molecule has 128 valence electrons. The number of amides is 2. The molecule has 0 saturated carbocycles. The van der Waals surface area contributed by atoms with Gasteiger partial charge in [0.25, 0.3) is 0 Å². The number of nitrogens with one attached hydrogen (secondary N) is 1. The summed E-state index contributed by atoms with van der Waals surface area (Å²) in [4.78, 5) is 17.9. The van der Waals surface area contributed by atoms with E-state index in [-0.39, 0.29) is 6.03 Å². The van der Waals surface area contributed by atoms with E-state index in [4.69, 9.17) is 0 Å². The maximum absolute atomic E-state index is 12.3. The maximum atomic E-state index is 12.3. The molecule has 0 spiro atoms. The van der Waals surface area contributed by atoms with Gasteiger partial charge in [0.05, 0.1) is 0 Å². The van der Waals surface area contributed by atoms with Crippen LogP contribution >= 0.6 is 11.3 Å². The molecule has 24 heavy (non-hydrogen) atoms. The average molecular weight is 343 g/mol. The quantitative estimate of drug-likeness (QED) is 0.817. The highest BCUT2D eigenvalue weighted by Crippen LogP contribution is 2.23. The van der Waals surface area contributed by atoms with Crippen LogP contribution in [0.25, 0.3) is 0 Å². The minimum atomic E-state index is 0.0672. The second kappa shape index (κ2) is 8.31.